The van der Waals surface area contributed by atoms with Crippen LogP contribution >= 0.6 is 0 Å². The van der Waals surface area contributed by atoms with Gasteiger partial charge in [0.05, 0.1) is 19.3 Å². The van der Waals surface area contributed by atoms with Crippen molar-refractivity contribution in [1.82, 2.24) is 4.90 Å². The number of benzene rings is 2. The van der Waals surface area contributed by atoms with Crippen molar-refractivity contribution in [2.45, 2.75) is 83.5 Å². The zero-order valence-corrected chi connectivity index (χ0v) is 20.8. The molecule has 0 saturated heterocycles. The lowest BCUT2D eigenvalue weighted by atomic mass is 9.62. The van der Waals surface area contributed by atoms with Crippen molar-refractivity contribution >= 4 is 0 Å². The fourth-order valence-corrected chi connectivity index (χ4v) is 6.21. The molecular formula is C30H43NO2. The molecule has 2 aromatic carbocycles. The summed E-state index contributed by atoms with van der Waals surface area (Å²) in [4.78, 5) is 2.74. The summed E-state index contributed by atoms with van der Waals surface area (Å²) in [7, 11) is 1.75. The van der Waals surface area contributed by atoms with Gasteiger partial charge in [0, 0.05) is 26.2 Å². The lowest BCUT2D eigenvalue weighted by Gasteiger charge is -2.47. The van der Waals surface area contributed by atoms with Crippen molar-refractivity contribution in [1.29, 1.82) is 0 Å². The summed E-state index contributed by atoms with van der Waals surface area (Å²) >= 11 is 0. The minimum atomic E-state index is 0.441. The van der Waals surface area contributed by atoms with Gasteiger partial charge in [-0.2, -0.15) is 0 Å². The van der Waals surface area contributed by atoms with Gasteiger partial charge in [-0.3, -0.25) is 4.90 Å². The zero-order valence-electron chi connectivity index (χ0n) is 20.8. The Morgan fingerprint density at radius 1 is 0.758 bits per heavy atom. The van der Waals surface area contributed by atoms with E-state index in [-0.39, 0.29) is 0 Å². The van der Waals surface area contributed by atoms with E-state index in [2.05, 4.69) is 72.5 Å². The van der Waals surface area contributed by atoms with Crippen LogP contribution in [-0.2, 0) is 22.6 Å². The van der Waals surface area contributed by atoms with E-state index in [1.807, 2.05) is 0 Å². The molecule has 0 radical (unpaired) electrons. The molecule has 2 aliphatic rings. The van der Waals surface area contributed by atoms with E-state index < -0.39 is 0 Å². The molecule has 2 aliphatic carbocycles. The summed E-state index contributed by atoms with van der Waals surface area (Å²) in [6.07, 6.45) is 10.9. The molecule has 4 rings (SSSR count). The Labute approximate surface area is 201 Å². The highest BCUT2D eigenvalue weighted by Gasteiger charge is 2.40. The molecule has 3 heteroatoms. The summed E-state index contributed by atoms with van der Waals surface area (Å²) in [5.74, 6) is 0.865. The van der Waals surface area contributed by atoms with Crippen LogP contribution in [0.1, 0.15) is 69.4 Å². The largest absolute Gasteiger partial charge is 0.382 e. The van der Waals surface area contributed by atoms with E-state index in [9.17, 15) is 0 Å². The third kappa shape index (κ3) is 6.91. The van der Waals surface area contributed by atoms with E-state index in [1.165, 1.54) is 62.5 Å². The summed E-state index contributed by atoms with van der Waals surface area (Å²) < 4.78 is 11.2. The Balaban J connectivity index is 1.33. The van der Waals surface area contributed by atoms with Gasteiger partial charge in [-0.1, -0.05) is 67.6 Å². The second kappa shape index (κ2) is 12.1. The van der Waals surface area contributed by atoms with Gasteiger partial charge < -0.3 is 9.47 Å². The van der Waals surface area contributed by atoms with Crippen LogP contribution in [0.15, 0.2) is 60.7 Å². The summed E-state index contributed by atoms with van der Waals surface area (Å²) in [6.45, 7) is 6.10. The maximum absolute atomic E-state index is 6.03. The van der Waals surface area contributed by atoms with Crippen LogP contribution in [-0.4, -0.2) is 37.4 Å². The topological polar surface area (TPSA) is 21.7 Å². The molecule has 0 unspecified atom stereocenters. The highest BCUT2D eigenvalue weighted by molar-refractivity contribution is 5.17. The van der Waals surface area contributed by atoms with Gasteiger partial charge in [0.25, 0.3) is 0 Å². The SMILES string of the molecule is COCCOC1CCC(C)(C2CCC(N(Cc3ccccc3)Cc3ccccc3)CC2)CC1. The fraction of sp³-hybridized carbons (Fsp3) is 0.600. The highest BCUT2D eigenvalue weighted by atomic mass is 16.5. The first-order chi connectivity index (χ1) is 16.2. The Bertz CT molecular complexity index is 751. The molecule has 2 aromatic rings. The Morgan fingerprint density at radius 2 is 1.30 bits per heavy atom. The number of hydrogen-bond acceptors (Lipinski definition) is 3. The van der Waals surface area contributed by atoms with Crippen LogP contribution in [0.4, 0.5) is 0 Å². The summed E-state index contributed by atoms with van der Waals surface area (Å²) in [5.41, 5.74) is 3.35. The third-order valence-electron chi connectivity index (χ3n) is 8.37. The minimum absolute atomic E-state index is 0.441. The van der Waals surface area contributed by atoms with E-state index in [0.29, 0.717) is 24.2 Å². The van der Waals surface area contributed by atoms with Crippen molar-refractivity contribution in [2.75, 3.05) is 20.3 Å². The molecule has 0 spiro atoms. The smallest absolute Gasteiger partial charge is 0.0704 e. The number of rotatable bonds is 10. The molecule has 0 bridgehead atoms. The van der Waals surface area contributed by atoms with Gasteiger partial charge in [0.2, 0.25) is 0 Å². The van der Waals surface area contributed by atoms with Crippen LogP contribution in [0.5, 0.6) is 0 Å². The first-order valence-electron chi connectivity index (χ1n) is 13.1. The average Bonchev–Trinajstić information content (AvgIpc) is 2.86. The molecule has 2 fully saturated rings. The summed E-state index contributed by atoms with van der Waals surface area (Å²) in [6, 6.07) is 22.7. The molecule has 2 saturated carbocycles. The lowest BCUT2D eigenvalue weighted by Crippen LogP contribution is -2.42. The van der Waals surface area contributed by atoms with Gasteiger partial charge in [-0.15, -0.1) is 0 Å². The van der Waals surface area contributed by atoms with Crippen LogP contribution in [0, 0.1) is 11.3 Å². The molecular weight excluding hydrogens is 406 g/mol. The van der Waals surface area contributed by atoms with E-state index in [1.54, 1.807) is 7.11 Å². The average molecular weight is 450 g/mol. The fourth-order valence-electron chi connectivity index (χ4n) is 6.21. The third-order valence-corrected chi connectivity index (χ3v) is 8.37. The molecule has 180 valence electrons. The van der Waals surface area contributed by atoms with E-state index in [0.717, 1.165) is 25.6 Å². The van der Waals surface area contributed by atoms with Gasteiger partial charge in [0.1, 0.15) is 0 Å². The van der Waals surface area contributed by atoms with Crippen LogP contribution < -0.4 is 0 Å². The van der Waals surface area contributed by atoms with Crippen LogP contribution in [0.2, 0.25) is 0 Å². The monoisotopic (exact) mass is 449 g/mol. The van der Waals surface area contributed by atoms with Crippen LogP contribution in [0.3, 0.4) is 0 Å². The van der Waals surface area contributed by atoms with Crippen molar-refractivity contribution in [3.05, 3.63) is 71.8 Å². The predicted molar refractivity (Wildman–Crippen MR) is 136 cm³/mol. The lowest BCUT2D eigenvalue weighted by molar-refractivity contribution is -0.0396. The second-order valence-electron chi connectivity index (χ2n) is 10.6. The van der Waals surface area contributed by atoms with Gasteiger partial charge in [0.15, 0.2) is 0 Å². The van der Waals surface area contributed by atoms with E-state index >= 15 is 0 Å². The number of hydrogen-bond donors (Lipinski definition) is 0. The van der Waals surface area contributed by atoms with Crippen molar-refractivity contribution in [2.24, 2.45) is 11.3 Å². The molecule has 0 aliphatic heterocycles. The van der Waals surface area contributed by atoms with E-state index in [4.69, 9.17) is 9.47 Å². The number of nitrogens with zero attached hydrogens (tertiary/aromatic N) is 1. The van der Waals surface area contributed by atoms with Crippen molar-refractivity contribution in [3.8, 4) is 0 Å². The molecule has 33 heavy (non-hydrogen) atoms. The van der Waals surface area contributed by atoms with Crippen molar-refractivity contribution in [3.63, 3.8) is 0 Å². The molecule has 0 N–H and O–H groups in total. The zero-order chi connectivity index (χ0) is 22.9. The maximum Gasteiger partial charge on any atom is 0.0704 e. The Hall–Kier alpha value is -1.68. The number of ether oxygens (including phenoxy) is 2. The molecule has 0 aromatic heterocycles. The summed E-state index contributed by atoms with van der Waals surface area (Å²) in [5, 5.41) is 0. The second-order valence-corrected chi connectivity index (χ2v) is 10.6. The Kier molecular flexibility index (Phi) is 9.00. The first kappa shape index (κ1) is 24.4. The van der Waals surface area contributed by atoms with Crippen molar-refractivity contribution < 1.29 is 9.47 Å². The van der Waals surface area contributed by atoms with Crippen LogP contribution in [0.25, 0.3) is 0 Å². The quantitative estimate of drug-likeness (QED) is 0.370. The Morgan fingerprint density at radius 3 is 1.82 bits per heavy atom. The van der Waals surface area contributed by atoms with Gasteiger partial charge in [-0.25, -0.2) is 0 Å². The van der Waals surface area contributed by atoms with Gasteiger partial charge in [-0.05, 0) is 73.8 Å². The standard InChI is InChI=1S/C30H43NO2/c1-30(19-17-29(18-20-30)33-22-21-32-2)27-13-15-28(16-14-27)31(23-25-9-5-3-6-10-25)24-26-11-7-4-8-12-26/h3-12,27-29H,13-24H2,1-2H3. The maximum atomic E-state index is 6.03. The minimum Gasteiger partial charge on any atom is -0.382 e. The molecule has 0 heterocycles. The highest BCUT2D eigenvalue weighted by Crippen LogP contribution is 2.49. The molecule has 3 nitrogen and oxygen atoms in total. The molecule has 0 atom stereocenters. The predicted octanol–water partition coefficient (Wildman–Crippen LogP) is 6.86. The number of methoxy groups -OCH3 is 1. The normalized spacial score (nSPS) is 28.2. The first-order valence-corrected chi connectivity index (χ1v) is 13.1. The molecule has 0 amide bonds. The van der Waals surface area contributed by atoms with Gasteiger partial charge >= 0.3 is 0 Å².